The zero-order valence-electron chi connectivity index (χ0n) is 21.3. The number of ether oxygens (including phenoxy) is 3. The fraction of sp³-hybridized carbons (Fsp3) is 0.483. The monoisotopic (exact) mass is 504 g/mol. The highest BCUT2D eigenvalue weighted by molar-refractivity contribution is 5.97. The zero-order valence-corrected chi connectivity index (χ0v) is 21.3. The first kappa shape index (κ1) is 24.1. The number of nitrogens with zero attached hydrogens (tertiary/aromatic N) is 2. The highest BCUT2D eigenvalue weighted by atomic mass is 16.7. The summed E-state index contributed by atoms with van der Waals surface area (Å²) in [5.41, 5.74) is 2.97. The molecule has 3 aromatic rings. The average Bonchev–Trinajstić information content (AvgIpc) is 3.46. The van der Waals surface area contributed by atoms with Crippen molar-refractivity contribution >= 4 is 17.0 Å². The lowest BCUT2D eigenvalue weighted by Gasteiger charge is -2.33. The summed E-state index contributed by atoms with van der Waals surface area (Å²) in [6, 6.07) is 14.0. The second-order valence-corrected chi connectivity index (χ2v) is 10.4. The van der Waals surface area contributed by atoms with Crippen LogP contribution in [-0.4, -0.2) is 73.0 Å². The van der Waals surface area contributed by atoms with Gasteiger partial charge in [-0.1, -0.05) is 31.0 Å². The molecule has 0 radical (unpaired) electrons. The number of fused-ring (bicyclic) bond motifs is 2. The Kier molecular flexibility index (Phi) is 7.19. The molecule has 0 bridgehead atoms. The lowest BCUT2D eigenvalue weighted by atomic mass is 10.0. The van der Waals surface area contributed by atoms with Gasteiger partial charge in [0, 0.05) is 49.2 Å². The molecule has 0 unspecified atom stereocenters. The fourth-order valence-electron chi connectivity index (χ4n) is 5.74. The predicted molar refractivity (Wildman–Crippen MR) is 143 cm³/mol. The van der Waals surface area contributed by atoms with Crippen LogP contribution < -0.4 is 19.5 Å². The van der Waals surface area contributed by atoms with Crippen molar-refractivity contribution in [2.75, 3.05) is 46.1 Å². The Morgan fingerprint density at radius 3 is 2.49 bits per heavy atom. The number of benzene rings is 2. The van der Waals surface area contributed by atoms with Crippen LogP contribution in [0.3, 0.4) is 0 Å². The molecule has 8 nitrogen and oxygen atoms in total. The SMILES string of the molecule is O=C(NC1CCN(CCN2CCCCCC2)CC1)Oc1cc2c(-c3ccc4c(c3)OCO4)cccc2[nH]1. The summed E-state index contributed by atoms with van der Waals surface area (Å²) < 4.78 is 16.6. The number of rotatable bonds is 6. The van der Waals surface area contributed by atoms with Gasteiger partial charge in [-0.3, -0.25) is 0 Å². The highest BCUT2D eigenvalue weighted by Gasteiger charge is 2.22. The molecule has 3 aliphatic rings. The molecule has 1 amide bonds. The largest absolute Gasteiger partial charge is 0.454 e. The standard InChI is InChI=1S/C29H36N4O4/c34-29(30-22-10-14-33(15-11-22)17-16-32-12-3-1-2-4-13-32)37-28-19-24-23(6-5-7-25(24)31-28)21-8-9-26-27(18-21)36-20-35-26/h5-9,18-19,22,31H,1-4,10-17,20H2,(H,30,34). The van der Waals surface area contributed by atoms with E-state index in [2.05, 4.69) is 26.2 Å². The minimum atomic E-state index is -0.404. The van der Waals surface area contributed by atoms with Crippen LogP contribution in [0.1, 0.15) is 38.5 Å². The van der Waals surface area contributed by atoms with Crippen LogP contribution in [0, 0.1) is 0 Å². The number of nitrogens with one attached hydrogen (secondary N) is 2. The van der Waals surface area contributed by atoms with E-state index >= 15 is 0 Å². The Labute approximate surface area is 217 Å². The lowest BCUT2D eigenvalue weighted by molar-refractivity contribution is 0.157. The molecule has 2 N–H and O–H groups in total. The van der Waals surface area contributed by atoms with Gasteiger partial charge in [0.2, 0.25) is 12.7 Å². The molecule has 2 aromatic carbocycles. The first-order chi connectivity index (χ1) is 18.2. The number of carbonyl (C=O) groups excluding carboxylic acids is 1. The lowest BCUT2D eigenvalue weighted by Crippen LogP contribution is -2.47. The van der Waals surface area contributed by atoms with Crippen LogP contribution in [0.2, 0.25) is 0 Å². The smallest absolute Gasteiger partial charge is 0.414 e. The summed E-state index contributed by atoms with van der Waals surface area (Å²) in [4.78, 5) is 21.1. The van der Waals surface area contributed by atoms with Gasteiger partial charge in [-0.25, -0.2) is 4.79 Å². The normalized spacial score (nSPS) is 19.1. The third-order valence-electron chi connectivity index (χ3n) is 7.87. The number of H-pyrrole nitrogens is 1. The highest BCUT2D eigenvalue weighted by Crippen LogP contribution is 2.38. The molecule has 37 heavy (non-hydrogen) atoms. The van der Waals surface area contributed by atoms with Crippen molar-refractivity contribution in [1.29, 1.82) is 0 Å². The van der Waals surface area contributed by atoms with Crippen LogP contribution in [0.5, 0.6) is 17.4 Å². The van der Waals surface area contributed by atoms with Gasteiger partial charge in [0.1, 0.15) is 0 Å². The summed E-state index contributed by atoms with van der Waals surface area (Å²) in [5.74, 6) is 1.94. The molecule has 0 aliphatic carbocycles. The molecular weight excluding hydrogens is 468 g/mol. The van der Waals surface area contributed by atoms with Crippen molar-refractivity contribution < 1.29 is 19.0 Å². The molecule has 0 spiro atoms. The van der Waals surface area contributed by atoms with Gasteiger partial charge in [-0.2, -0.15) is 0 Å². The average molecular weight is 505 g/mol. The number of hydrogen-bond acceptors (Lipinski definition) is 6. The maximum absolute atomic E-state index is 12.7. The third-order valence-corrected chi connectivity index (χ3v) is 7.87. The van der Waals surface area contributed by atoms with Crippen molar-refractivity contribution in [3.05, 3.63) is 42.5 Å². The van der Waals surface area contributed by atoms with Crippen LogP contribution in [0.4, 0.5) is 4.79 Å². The predicted octanol–water partition coefficient (Wildman–Crippen LogP) is 4.99. The van der Waals surface area contributed by atoms with Crippen molar-refractivity contribution in [2.24, 2.45) is 0 Å². The number of likely N-dealkylation sites (tertiary alicyclic amines) is 2. The van der Waals surface area contributed by atoms with Gasteiger partial charge in [0.25, 0.3) is 0 Å². The van der Waals surface area contributed by atoms with Crippen LogP contribution >= 0.6 is 0 Å². The van der Waals surface area contributed by atoms with Crippen molar-refractivity contribution in [1.82, 2.24) is 20.1 Å². The van der Waals surface area contributed by atoms with E-state index in [1.807, 2.05) is 36.4 Å². The Bertz CT molecular complexity index is 1230. The molecule has 6 rings (SSSR count). The first-order valence-electron chi connectivity index (χ1n) is 13.7. The Balaban J connectivity index is 1.02. The van der Waals surface area contributed by atoms with E-state index in [1.54, 1.807) is 0 Å². The maximum atomic E-state index is 12.7. The van der Waals surface area contributed by atoms with Crippen LogP contribution in [0.15, 0.2) is 42.5 Å². The molecule has 1 aromatic heterocycles. The molecule has 8 heteroatoms. The molecule has 0 saturated carbocycles. The molecule has 3 aliphatic heterocycles. The van der Waals surface area contributed by atoms with Gasteiger partial charge in [0.15, 0.2) is 11.5 Å². The molecular formula is C29H36N4O4. The number of carbonyl (C=O) groups is 1. The Morgan fingerprint density at radius 2 is 1.68 bits per heavy atom. The van der Waals surface area contributed by atoms with Crippen molar-refractivity contribution in [3.63, 3.8) is 0 Å². The third kappa shape index (κ3) is 5.70. The molecule has 0 atom stereocenters. The number of hydrogen-bond donors (Lipinski definition) is 2. The van der Waals surface area contributed by atoms with E-state index in [0.717, 1.165) is 72.5 Å². The van der Waals surface area contributed by atoms with Crippen LogP contribution in [-0.2, 0) is 0 Å². The first-order valence-corrected chi connectivity index (χ1v) is 13.7. The number of aromatic amines is 1. The van der Waals surface area contributed by atoms with Crippen LogP contribution in [0.25, 0.3) is 22.0 Å². The van der Waals surface area contributed by atoms with E-state index in [0.29, 0.717) is 5.88 Å². The summed E-state index contributed by atoms with van der Waals surface area (Å²) >= 11 is 0. The summed E-state index contributed by atoms with van der Waals surface area (Å²) in [5, 5.41) is 4.06. The molecule has 2 saturated heterocycles. The number of aromatic nitrogens is 1. The summed E-state index contributed by atoms with van der Waals surface area (Å²) in [6.45, 7) is 7.06. The van der Waals surface area contributed by atoms with Crippen molar-refractivity contribution in [3.8, 4) is 28.5 Å². The second-order valence-electron chi connectivity index (χ2n) is 10.4. The quantitative estimate of drug-likeness (QED) is 0.492. The second kappa shape index (κ2) is 11.0. The van der Waals surface area contributed by atoms with Gasteiger partial charge >= 0.3 is 6.09 Å². The van der Waals surface area contributed by atoms with Gasteiger partial charge < -0.3 is 34.3 Å². The summed E-state index contributed by atoms with van der Waals surface area (Å²) in [6.07, 6.45) is 6.94. The fourth-order valence-corrected chi connectivity index (χ4v) is 5.74. The zero-order chi connectivity index (χ0) is 25.0. The topological polar surface area (TPSA) is 79.1 Å². The van der Waals surface area contributed by atoms with E-state index in [4.69, 9.17) is 14.2 Å². The molecule has 4 heterocycles. The minimum Gasteiger partial charge on any atom is -0.454 e. The van der Waals surface area contributed by atoms with E-state index < -0.39 is 6.09 Å². The minimum absolute atomic E-state index is 0.149. The molecule has 196 valence electrons. The van der Waals surface area contributed by atoms with Gasteiger partial charge in [-0.05, 0) is 68.1 Å². The number of amides is 1. The molecule has 2 fully saturated rings. The van der Waals surface area contributed by atoms with E-state index in [-0.39, 0.29) is 12.8 Å². The van der Waals surface area contributed by atoms with Crippen molar-refractivity contribution in [2.45, 2.75) is 44.6 Å². The maximum Gasteiger partial charge on any atom is 0.414 e. The van der Waals surface area contributed by atoms with Gasteiger partial charge in [0.05, 0.1) is 0 Å². The van der Waals surface area contributed by atoms with Gasteiger partial charge in [-0.15, -0.1) is 0 Å². The summed E-state index contributed by atoms with van der Waals surface area (Å²) in [7, 11) is 0. The van der Waals surface area contributed by atoms with E-state index in [1.165, 1.54) is 38.8 Å². The Morgan fingerprint density at radius 1 is 0.919 bits per heavy atom. The number of piperidine rings is 1. The Hall–Kier alpha value is -3.23. The van der Waals surface area contributed by atoms with E-state index in [9.17, 15) is 4.79 Å².